The van der Waals surface area contributed by atoms with Crippen LogP contribution in [0.25, 0.3) is 0 Å². The van der Waals surface area contributed by atoms with Gasteiger partial charge in [-0.25, -0.2) is 0 Å². The standard InChI is InChI=1S/C24H25ClN4O4/c25-20-9-4-16(12-19(20)23(26)32)24(33)27-13-15-11-22(31)29(14-15)18-7-5-17(6-8-18)28-10-2-1-3-21(28)30/h4-9,12,15H,1-3,10-11,13-14H2,(H2,26,32)(H,27,33). The number of nitrogens with one attached hydrogen (secondary N) is 1. The predicted molar refractivity (Wildman–Crippen MR) is 125 cm³/mol. The summed E-state index contributed by atoms with van der Waals surface area (Å²) in [5.41, 5.74) is 7.26. The Balaban J connectivity index is 1.36. The minimum absolute atomic E-state index is 0.0152. The summed E-state index contributed by atoms with van der Waals surface area (Å²) in [6.45, 7) is 1.52. The van der Waals surface area contributed by atoms with Crippen molar-refractivity contribution in [2.24, 2.45) is 11.7 Å². The fourth-order valence-corrected chi connectivity index (χ4v) is 4.46. The molecule has 0 bridgehead atoms. The second kappa shape index (κ2) is 9.62. The average Bonchev–Trinajstić information content (AvgIpc) is 3.18. The van der Waals surface area contributed by atoms with Gasteiger partial charge in [0.1, 0.15) is 0 Å². The zero-order chi connectivity index (χ0) is 23.5. The Kier molecular flexibility index (Phi) is 6.65. The number of hydrogen-bond donors (Lipinski definition) is 2. The van der Waals surface area contributed by atoms with Gasteiger partial charge >= 0.3 is 0 Å². The van der Waals surface area contributed by atoms with E-state index in [2.05, 4.69) is 5.32 Å². The van der Waals surface area contributed by atoms with E-state index in [4.69, 9.17) is 17.3 Å². The van der Waals surface area contributed by atoms with Gasteiger partial charge in [0.15, 0.2) is 0 Å². The Morgan fingerprint density at radius 2 is 1.70 bits per heavy atom. The number of carbonyl (C=O) groups excluding carboxylic acids is 4. The molecule has 2 aromatic carbocycles. The Morgan fingerprint density at radius 3 is 2.36 bits per heavy atom. The van der Waals surface area contributed by atoms with Crippen molar-refractivity contribution < 1.29 is 19.2 Å². The van der Waals surface area contributed by atoms with Gasteiger partial charge in [-0.2, -0.15) is 0 Å². The van der Waals surface area contributed by atoms with Crippen LogP contribution in [-0.2, 0) is 9.59 Å². The summed E-state index contributed by atoms with van der Waals surface area (Å²) < 4.78 is 0. The number of anilines is 2. The van der Waals surface area contributed by atoms with Crippen molar-refractivity contribution in [1.29, 1.82) is 0 Å². The van der Waals surface area contributed by atoms with E-state index >= 15 is 0 Å². The van der Waals surface area contributed by atoms with Crippen LogP contribution in [0, 0.1) is 5.92 Å². The van der Waals surface area contributed by atoms with Gasteiger partial charge in [-0.05, 0) is 55.3 Å². The van der Waals surface area contributed by atoms with Crippen LogP contribution in [0.15, 0.2) is 42.5 Å². The number of nitrogens with zero attached hydrogens (tertiary/aromatic N) is 2. The first-order valence-corrected chi connectivity index (χ1v) is 11.3. The molecule has 1 atom stereocenters. The van der Waals surface area contributed by atoms with Gasteiger partial charge in [0, 0.05) is 55.3 Å². The summed E-state index contributed by atoms with van der Waals surface area (Å²) in [5, 5.41) is 3.01. The number of benzene rings is 2. The fraction of sp³-hybridized carbons (Fsp3) is 0.333. The van der Waals surface area contributed by atoms with Gasteiger partial charge in [-0.3, -0.25) is 19.2 Å². The molecule has 8 nitrogen and oxygen atoms in total. The smallest absolute Gasteiger partial charge is 0.251 e. The molecule has 4 rings (SSSR count). The highest BCUT2D eigenvalue weighted by Gasteiger charge is 2.31. The van der Waals surface area contributed by atoms with Crippen LogP contribution < -0.4 is 20.9 Å². The zero-order valence-corrected chi connectivity index (χ0v) is 18.8. The molecule has 2 aliphatic heterocycles. The molecular formula is C24H25ClN4O4. The molecule has 2 fully saturated rings. The van der Waals surface area contributed by atoms with Crippen molar-refractivity contribution in [1.82, 2.24) is 5.32 Å². The van der Waals surface area contributed by atoms with E-state index < -0.39 is 5.91 Å². The van der Waals surface area contributed by atoms with Gasteiger partial charge in [-0.15, -0.1) is 0 Å². The zero-order valence-electron chi connectivity index (χ0n) is 18.1. The maximum atomic E-state index is 12.6. The summed E-state index contributed by atoms with van der Waals surface area (Å²) >= 11 is 5.93. The molecule has 2 aromatic rings. The number of hydrogen-bond acceptors (Lipinski definition) is 4. The van der Waals surface area contributed by atoms with E-state index in [1.807, 2.05) is 24.3 Å². The summed E-state index contributed by atoms with van der Waals surface area (Å²) in [7, 11) is 0. The number of rotatable bonds is 6. The number of carbonyl (C=O) groups is 4. The molecule has 2 heterocycles. The van der Waals surface area contributed by atoms with Crippen LogP contribution in [0.4, 0.5) is 11.4 Å². The Labute approximate surface area is 196 Å². The molecule has 2 saturated heterocycles. The monoisotopic (exact) mass is 468 g/mol. The highest BCUT2D eigenvalue weighted by atomic mass is 35.5. The predicted octanol–water partition coefficient (Wildman–Crippen LogP) is 2.74. The first kappa shape index (κ1) is 22.8. The molecule has 4 amide bonds. The fourth-order valence-electron chi connectivity index (χ4n) is 4.25. The minimum Gasteiger partial charge on any atom is -0.366 e. The van der Waals surface area contributed by atoms with Crippen LogP contribution in [0.3, 0.4) is 0 Å². The number of halogens is 1. The van der Waals surface area contributed by atoms with Gasteiger partial charge in [-0.1, -0.05) is 11.6 Å². The van der Waals surface area contributed by atoms with Crippen LogP contribution in [0.1, 0.15) is 46.4 Å². The molecule has 172 valence electrons. The van der Waals surface area contributed by atoms with Gasteiger partial charge in [0.2, 0.25) is 17.7 Å². The van der Waals surface area contributed by atoms with Crippen molar-refractivity contribution in [3.8, 4) is 0 Å². The van der Waals surface area contributed by atoms with E-state index in [0.29, 0.717) is 25.9 Å². The molecule has 0 radical (unpaired) electrons. The van der Waals surface area contributed by atoms with Crippen molar-refractivity contribution in [2.75, 3.05) is 29.4 Å². The highest BCUT2D eigenvalue weighted by molar-refractivity contribution is 6.34. The Bertz CT molecular complexity index is 1100. The lowest BCUT2D eigenvalue weighted by atomic mass is 10.1. The maximum Gasteiger partial charge on any atom is 0.251 e. The Morgan fingerprint density at radius 1 is 1.00 bits per heavy atom. The lowest BCUT2D eigenvalue weighted by Crippen LogP contribution is -2.35. The molecule has 1 unspecified atom stereocenters. The molecule has 2 aliphatic rings. The minimum atomic E-state index is -0.706. The molecule has 0 aromatic heterocycles. The average molecular weight is 469 g/mol. The second-order valence-electron chi connectivity index (χ2n) is 8.36. The van der Waals surface area contributed by atoms with E-state index in [9.17, 15) is 19.2 Å². The molecule has 0 spiro atoms. The summed E-state index contributed by atoms with van der Waals surface area (Å²) in [5.74, 6) is -1.00. The van der Waals surface area contributed by atoms with Crippen molar-refractivity contribution >= 4 is 46.6 Å². The lowest BCUT2D eigenvalue weighted by molar-refractivity contribution is -0.119. The highest BCUT2D eigenvalue weighted by Crippen LogP contribution is 2.28. The third-order valence-corrected chi connectivity index (χ3v) is 6.38. The number of amides is 4. The van der Waals surface area contributed by atoms with E-state index in [1.54, 1.807) is 9.80 Å². The third-order valence-electron chi connectivity index (χ3n) is 6.05. The summed E-state index contributed by atoms with van der Waals surface area (Å²) in [6.07, 6.45) is 2.81. The Hall–Kier alpha value is -3.39. The largest absolute Gasteiger partial charge is 0.366 e. The van der Waals surface area contributed by atoms with E-state index in [0.717, 1.165) is 30.8 Å². The van der Waals surface area contributed by atoms with Gasteiger partial charge < -0.3 is 20.9 Å². The van der Waals surface area contributed by atoms with Crippen LogP contribution >= 0.6 is 11.6 Å². The number of piperidine rings is 1. The van der Waals surface area contributed by atoms with Gasteiger partial charge in [0.25, 0.3) is 5.91 Å². The van der Waals surface area contributed by atoms with Crippen molar-refractivity contribution in [3.63, 3.8) is 0 Å². The SMILES string of the molecule is NC(=O)c1cc(C(=O)NCC2CC(=O)N(c3ccc(N4CCCCC4=O)cc3)C2)ccc1Cl. The first-order valence-electron chi connectivity index (χ1n) is 10.9. The topological polar surface area (TPSA) is 113 Å². The molecule has 0 aliphatic carbocycles. The van der Waals surface area contributed by atoms with Crippen molar-refractivity contribution in [3.05, 3.63) is 58.6 Å². The molecule has 9 heteroatoms. The van der Waals surface area contributed by atoms with Crippen LogP contribution in [0.5, 0.6) is 0 Å². The first-order chi connectivity index (χ1) is 15.8. The normalized spacial score (nSPS) is 18.5. The quantitative estimate of drug-likeness (QED) is 0.678. The van der Waals surface area contributed by atoms with E-state index in [1.165, 1.54) is 18.2 Å². The molecule has 0 saturated carbocycles. The van der Waals surface area contributed by atoms with Crippen LogP contribution in [0.2, 0.25) is 5.02 Å². The maximum absolute atomic E-state index is 12.6. The number of nitrogens with two attached hydrogens (primary N) is 1. The number of primary amides is 1. The van der Waals surface area contributed by atoms with Gasteiger partial charge in [0.05, 0.1) is 10.6 Å². The molecular weight excluding hydrogens is 444 g/mol. The third kappa shape index (κ3) is 5.01. The second-order valence-corrected chi connectivity index (χ2v) is 8.77. The molecule has 33 heavy (non-hydrogen) atoms. The van der Waals surface area contributed by atoms with E-state index in [-0.39, 0.29) is 39.8 Å². The van der Waals surface area contributed by atoms with Crippen LogP contribution in [-0.4, -0.2) is 43.3 Å². The summed E-state index contributed by atoms with van der Waals surface area (Å²) in [6, 6.07) is 11.8. The molecule has 3 N–H and O–H groups in total. The summed E-state index contributed by atoms with van der Waals surface area (Å²) in [4.78, 5) is 52.1. The lowest BCUT2D eigenvalue weighted by Gasteiger charge is -2.27. The van der Waals surface area contributed by atoms with Crippen molar-refractivity contribution in [2.45, 2.75) is 25.7 Å².